The van der Waals surface area contributed by atoms with Crippen molar-refractivity contribution in [2.75, 3.05) is 25.6 Å². The number of unbranched alkanes of at least 4 members (excludes halogenated alkanes) is 15. The quantitative estimate of drug-likeness (QED) is 0.0478. The number of ether oxygens (including phenoxy) is 3. The van der Waals surface area contributed by atoms with Crippen molar-refractivity contribution < 1.29 is 42.9 Å². The van der Waals surface area contributed by atoms with Crippen LogP contribution < -0.4 is 10.5 Å². The van der Waals surface area contributed by atoms with Gasteiger partial charge in [-0.05, 0) is 25.5 Å². The molecule has 1 aliphatic heterocycles. The Morgan fingerprint density at radius 2 is 1.64 bits per heavy atom. The first-order chi connectivity index (χ1) is 26.5. The van der Waals surface area contributed by atoms with E-state index in [-0.39, 0.29) is 23.7 Å². The topological polar surface area (TPSA) is 217 Å². The van der Waals surface area contributed by atoms with Crippen LogP contribution in [0, 0.1) is 11.3 Å². The Balaban J connectivity index is 1.02. The number of aromatic nitrogens is 4. The monoisotopic (exact) mass is 786 g/mol. The number of hydrogen-bond donors (Lipinski definition) is 4. The van der Waals surface area contributed by atoms with Gasteiger partial charge in [0.1, 0.15) is 53.7 Å². The van der Waals surface area contributed by atoms with Crippen LogP contribution >= 0.6 is 7.82 Å². The van der Waals surface area contributed by atoms with Crippen molar-refractivity contribution >= 4 is 19.2 Å². The SMILES string of the molecule is CCCCCCCCCCCCCCCCCCOC[C@H](COP(=O)(O)OC1[C@H]2O[C@@](C)(c3ccc4c(N)ncnn34)[C@H](O)[C@@]12O)Oc1cncc(C#N)c1. The fourth-order valence-electron chi connectivity index (χ4n) is 7.41. The lowest BCUT2D eigenvalue weighted by molar-refractivity contribution is -0.126. The molecular formula is C39H59N6O9P. The highest BCUT2D eigenvalue weighted by molar-refractivity contribution is 7.47. The molecule has 4 heterocycles. The smallest absolute Gasteiger partial charge is 0.472 e. The van der Waals surface area contributed by atoms with E-state index in [0.717, 1.165) is 19.3 Å². The molecule has 3 aromatic heterocycles. The van der Waals surface area contributed by atoms with Crippen molar-refractivity contribution in [1.82, 2.24) is 19.6 Å². The molecule has 2 unspecified atom stereocenters. The predicted octanol–water partition coefficient (Wildman–Crippen LogP) is 6.53. The van der Waals surface area contributed by atoms with E-state index in [9.17, 15) is 24.9 Å². The first-order valence-corrected chi connectivity index (χ1v) is 21.4. The lowest BCUT2D eigenvalue weighted by atomic mass is 9.91. The molecule has 0 radical (unpaired) electrons. The highest BCUT2D eigenvalue weighted by atomic mass is 31.2. The molecule has 0 spiro atoms. The van der Waals surface area contributed by atoms with Gasteiger partial charge in [0, 0.05) is 18.9 Å². The fourth-order valence-corrected chi connectivity index (χ4v) is 8.39. The van der Waals surface area contributed by atoms with Crippen LogP contribution in [-0.4, -0.2) is 84.5 Å². The lowest BCUT2D eigenvalue weighted by Gasteiger charge is -2.32. The summed E-state index contributed by atoms with van der Waals surface area (Å²) in [6, 6.07) is 6.82. The highest BCUT2D eigenvalue weighted by Crippen LogP contribution is 2.63. The van der Waals surface area contributed by atoms with Crippen molar-refractivity contribution in [1.29, 1.82) is 5.26 Å². The summed E-state index contributed by atoms with van der Waals surface area (Å²) in [5, 5.41) is 36.1. The number of aliphatic hydroxyl groups excluding tert-OH is 1. The summed E-state index contributed by atoms with van der Waals surface area (Å²) in [7, 11) is -4.81. The first-order valence-electron chi connectivity index (χ1n) is 20.0. The molecule has 0 aromatic carbocycles. The summed E-state index contributed by atoms with van der Waals surface area (Å²) >= 11 is 0. The predicted molar refractivity (Wildman–Crippen MR) is 205 cm³/mol. The standard InChI is InChI=1S/C39H59N6O9P/c1-3-4-5-6-7-8-9-10-11-12-13-14-15-16-17-18-21-50-26-31(52-30-22-29(23-40)24-42-25-30)27-51-55(48,49)54-35-34-39(35,47)37(46)38(2,53-34)33-20-19-32-36(41)43-28-44-45(32)33/h19-20,22,24-25,28,31,34-35,37,46-47H,3-18,21,26-27H2,1-2H3,(H,48,49)(H2,41,43,44)/t31-,34-,35?,37+,38+,39+/m1/s1. The Hall–Kier alpha value is -3.19. The third kappa shape index (κ3) is 11.2. The summed E-state index contributed by atoms with van der Waals surface area (Å²) in [6.07, 6.45) is 19.6. The van der Waals surface area contributed by atoms with Gasteiger partial charge in [0.2, 0.25) is 0 Å². The van der Waals surface area contributed by atoms with E-state index in [2.05, 4.69) is 22.0 Å². The van der Waals surface area contributed by atoms with Gasteiger partial charge >= 0.3 is 7.82 Å². The zero-order valence-corrected chi connectivity index (χ0v) is 33.2. The first kappa shape index (κ1) is 42.9. The van der Waals surface area contributed by atoms with E-state index in [0.29, 0.717) is 17.8 Å². The minimum absolute atomic E-state index is 0.0328. The van der Waals surface area contributed by atoms with Crippen LogP contribution in [0.1, 0.15) is 128 Å². The van der Waals surface area contributed by atoms with E-state index in [4.69, 9.17) is 29.0 Å². The molecule has 15 nitrogen and oxygen atoms in total. The number of nitrogens with zero attached hydrogens (tertiary/aromatic N) is 5. The van der Waals surface area contributed by atoms with Crippen LogP contribution in [0.5, 0.6) is 5.75 Å². The van der Waals surface area contributed by atoms with E-state index in [1.165, 1.54) is 113 Å². The molecule has 7 atom stereocenters. The van der Waals surface area contributed by atoms with Crippen molar-refractivity contribution in [3.8, 4) is 11.8 Å². The largest absolute Gasteiger partial charge is 0.484 e. The molecule has 1 saturated heterocycles. The number of nitrogen functional groups attached to an aromatic ring is 1. The molecule has 1 aliphatic carbocycles. The summed E-state index contributed by atoms with van der Waals surface area (Å²) in [6.45, 7) is 3.92. The van der Waals surface area contributed by atoms with Crippen LogP contribution in [0.2, 0.25) is 0 Å². The molecule has 2 aliphatic rings. The van der Waals surface area contributed by atoms with Gasteiger partial charge in [-0.3, -0.25) is 14.0 Å². The summed E-state index contributed by atoms with van der Waals surface area (Å²) in [5.41, 5.74) is 3.69. The Bertz CT molecular complexity index is 1740. The number of phosphoric acid groups is 1. The van der Waals surface area contributed by atoms with Gasteiger partial charge in [0.05, 0.1) is 30.7 Å². The number of rotatable bonds is 27. The molecule has 0 bridgehead atoms. The normalized spacial score (nSPS) is 24.7. The van der Waals surface area contributed by atoms with Crippen LogP contribution in [0.15, 0.2) is 36.9 Å². The minimum Gasteiger partial charge on any atom is -0.484 e. The molecule has 0 amide bonds. The van der Waals surface area contributed by atoms with Crippen LogP contribution in [0.25, 0.3) is 5.52 Å². The Labute approximate surface area is 324 Å². The molecule has 2 fully saturated rings. The van der Waals surface area contributed by atoms with Gasteiger partial charge in [-0.2, -0.15) is 10.4 Å². The van der Waals surface area contributed by atoms with Crippen LogP contribution in [-0.2, 0) is 28.7 Å². The van der Waals surface area contributed by atoms with Gasteiger partial charge in [-0.15, -0.1) is 0 Å². The van der Waals surface area contributed by atoms with Crippen molar-refractivity contribution in [3.05, 3.63) is 48.2 Å². The molecule has 16 heteroatoms. The lowest BCUT2D eigenvalue weighted by Crippen LogP contribution is -2.46. The second-order valence-corrected chi connectivity index (χ2v) is 16.4. The second kappa shape index (κ2) is 20.3. The number of anilines is 1. The number of fused-ring (bicyclic) bond motifs is 2. The average molecular weight is 787 g/mol. The van der Waals surface area contributed by atoms with Crippen LogP contribution in [0.4, 0.5) is 5.82 Å². The maximum atomic E-state index is 13.1. The summed E-state index contributed by atoms with van der Waals surface area (Å²) in [5.74, 6) is 0.488. The minimum atomic E-state index is -4.81. The highest BCUT2D eigenvalue weighted by Gasteiger charge is 2.82. The molecule has 55 heavy (non-hydrogen) atoms. The number of hydrogen-bond acceptors (Lipinski definition) is 13. The maximum Gasteiger partial charge on any atom is 0.472 e. The Morgan fingerprint density at radius 3 is 2.24 bits per heavy atom. The molecule has 1 saturated carbocycles. The summed E-state index contributed by atoms with van der Waals surface area (Å²) < 4.78 is 43.1. The Kier molecular flexibility index (Phi) is 15.8. The molecular weight excluding hydrogens is 727 g/mol. The van der Waals surface area contributed by atoms with Crippen molar-refractivity contribution in [2.24, 2.45) is 0 Å². The number of pyridine rings is 1. The van der Waals surface area contributed by atoms with Crippen LogP contribution in [0.3, 0.4) is 0 Å². The van der Waals surface area contributed by atoms with Crippen molar-refractivity contribution in [2.45, 2.75) is 152 Å². The number of nitrogens with two attached hydrogens (primary N) is 1. The average Bonchev–Trinajstić information content (AvgIpc) is 3.41. The van der Waals surface area contributed by atoms with Gasteiger partial charge in [-0.25, -0.2) is 14.1 Å². The number of phosphoric ester groups is 1. The molecule has 3 aromatic rings. The van der Waals surface area contributed by atoms with Gasteiger partial charge in [-0.1, -0.05) is 103 Å². The molecule has 5 rings (SSSR count). The third-order valence-electron chi connectivity index (χ3n) is 10.7. The van der Waals surface area contributed by atoms with Gasteiger partial charge < -0.3 is 35.1 Å². The van der Waals surface area contributed by atoms with Gasteiger partial charge in [0.15, 0.2) is 11.4 Å². The van der Waals surface area contributed by atoms with E-state index < -0.39 is 50.0 Å². The van der Waals surface area contributed by atoms with Gasteiger partial charge in [0.25, 0.3) is 0 Å². The zero-order chi connectivity index (χ0) is 39.3. The second-order valence-electron chi connectivity index (χ2n) is 15.0. The molecule has 304 valence electrons. The number of aliphatic hydroxyl groups is 2. The van der Waals surface area contributed by atoms with E-state index in [1.807, 2.05) is 6.07 Å². The number of nitriles is 1. The molecule has 5 N–H and O–H groups in total. The zero-order valence-electron chi connectivity index (χ0n) is 32.3. The van der Waals surface area contributed by atoms with E-state index in [1.54, 1.807) is 19.1 Å². The fraction of sp³-hybridized carbons (Fsp3) is 0.692. The third-order valence-corrected chi connectivity index (χ3v) is 11.6. The van der Waals surface area contributed by atoms with Crippen molar-refractivity contribution in [3.63, 3.8) is 0 Å². The maximum absolute atomic E-state index is 13.1. The van der Waals surface area contributed by atoms with E-state index >= 15 is 0 Å². The Morgan fingerprint density at radius 1 is 1.00 bits per heavy atom. The summed E-state index contributed by atoms with van der Waals surface area (Å²) in [4.78, 5) is 18.6.